The molecule has 1 fully saturated rings. The lowest BCUT2D eigenvalue weighted by Gasteiger charge is -2.39. The molecular formula is C23H36N2O2S2. The predicted molar refractivity (Wildman–Crippen MR) is 126 cm³/mol. The van der Waals surface area contributed by atoms with E-state index in [0.717, 1.165) is 48.6 Å². The maximum absolute atomic E-state index is 12.5. The van der Waals surface area contributed by atoms with Crippen LogP contribution in [0.25, 0.3) is 0 Å². The Kier molecular flexibility index (Phi) is 7.26. The number of nitrogens with one attached hydrogen (secondary N) is 2. The van der Waals surface area contributed by atoms with Crippen LogP contribution >= 0.6 is 23.6 Å². The maximum atomic E-state index is 12.5. The van der Waals surface area contributed by atoms with Gasteiger partial charge in [-0.1, -0.05) is 34.1 Å². The average molecular weight is 437 g/mol. The molecule has 2 N–H and O–H groups in total. The predicted octanol–water partition coefficient (Wildman–Crippen LogP) is 5.94. The van der Waals surface area contributed by atoms with E-state index in [0.29, 0.717) is 28.1 Å². The summed E-state index contributed by atoms with van der Waals surface area (Å²) in [5.41, 5.74) is 2.27. The van der Waals surface area contributed by atoms with Crippen LogP contribution in [-0.4, -0.2) is 24.2 Å². The van der Waals surface area contributed by atoms with E-state index in [1.165, 1.54) is 31.2 Å². The second kappa shape index (κ2) is 9.34. The number of fused-ring (bicyclic) bond motifs is 1. The summed E-state index contributed by atoms with van der Waals surface area (Å²) >= 11 is 7.29. The van der Waals surface area contributed by atoms with Gasteiger partial charge in [0.15, 0.2) is 5.11 Å². The number of methoxy groups -OCH3 is 1. The highest BCUT2D eigenvalue weighted by Crippen LogP contribution is 2.41. The lowest BCUT2D eigenvalue weighted by Crippen LogP contribution is -2.41. The molecule has 3 rings (SSSR count). The van der Waals surface area contributed by atoms with E-state index in [9.17, 15) is 4.79 Å². The van der Waals surface area contributed by atoms with Crippen molar-refractivity contribution in [3.63, 3.8) is 0 Å². The number of thiophene rings is 1. The molecule has 1 saturated carbocycles. The van der Waals surface area contributed by atoms with Crippen molar-refractivity contribution in [1.82, 2.24) is 5.32 Å². The average Bonchev–Trinajstić information content (AvgIpc) is 3.04. The van der Waals surface area contributed by atoms with Crippen LogP contribution in [0.5, 0.6) is 0 Å². The van der Waals surface area contributed by atoms with Gasteiger partial charge in [0.25, 0.3) is 0 Å². The molecule has 0 saturated heterocycles. The third kappa shape index (κ3) is 5.13. The molecule has 0 spiro atoms. The Labute approximate surface area is 185 Å². The number of carbonyl (C=O) groups excluding carboxylic acids is 1. The molecule has 0 aliphatic heterocycles. The minimum atomic E-state index is -0.260. The quantitative estimate of drug-likeness (QED) is 0.442. The second-order valence-electron chi connectivity index (χ2n) is 9.54. The zero-order valence-corrected chi connectivity index (χ0v) is 20.2. The van der Waals surface area contributed by atoms with Crippen LogP contribution in [0.2, 0.25) is 0 Å². The van der Waals surface area contributed by atoms with Crippen LogP contribution in [0.1, 0.15) is 87.0 Å². The number of anilines is 1. The third-order valence-electron chi connectivity index (χ3n) is 7.21. The fraction of sp³-hybridized carbons (Fsp3) is 0.739. The highest BCUT2D eigenvalue weighted by Gasteiger charge is 2.32. The van der Waals surface area contributed by atoms with Gasteiger partial charge in [0.1, 0.15) is 5.00 Å². The monoisotopic (exact) mass is 436 g/mol. The Morgan fingerprint density at radius 3 is 2.55 bits per heavy atom. The van der Waals surface area contributed by atoms with E-state index >= 15 is 0 Å². The van der Waals surface area contributed by atoms with Gasteiger partial charge in [0, 0.05) is 10.9 Å². The van der Waals surface area contributed by atoms with Crippen molar-refractivity contribution in [2.75, 3.05) is 12.4 Å². The number of thiocarbonyl (C=S) groups is 1. The van der Waals surface area contributed by atoms with Gasteiger partial charge >= 0.3 is 5.97 Å². The summed E-state index contributed by atoms with van der Waals surface area (Å²) in [7, 11) is 1.45. The van der Waals surface area contributed by atoms with Gasteiger partial charge in [-0.2, -0.15) is 0 Å². The summed E-state index contributed by atoms with van der Waals surface area (Å²) in [5, 5.41) is 8.31. The second-order valence-corrected chi connectivity index (χ2v) is 11.1. The van der Waals surface area contributed by atoms with Gasteiger partial charge in [0.2, 0.25) is 0 Å². The van der Waals surface area contributed by atoms with E-state index in [1.807, 2.05) is 0 Å². The first-order valence-electron chi connectivity index (χ1n) is 11.1. The lowest BCUT2D eigenvalue weighted by molar-refractivity contribution is 0.0601. The van der Waals surface area contributed by atoms with E-state index in [1.54, 1.807) is 11.3 Å². The van der Waals surface area contributed by atoms with Crippen molar-refractivity contribution >= 4 is 39.6 Å². The van der Waals surface area contributed by atoms with Gasteiger partial charge in [-0.25, -0.2) is 4.79 Å². The Balaban J connectivity index is 1.63. The lowest BCUT2D eigenvalue weighted by atomic mass is 9.69. The summed E-state index contributed by atoms with van der Waals surface area (Å²) < 4.78 is 5.08. The molecule has 1 aromatic heterocycles. The van der Waals surface area contributed by atoms with Gasteiger partial charge in [-0.15, -0.1) is 11.3 Å². The number of esters is 1. The van der Waals surface area contributed by atoms with Crippen LogP contribution < -0.4 is 10.6 Å². The molecule has 1 atom stereocenters. The van der Waals surface area contributed by atoms with E-state index in [4.69, 9.17) is 17.0 Å². The molecule has 162 valence electrons. The summed E-state index contributed by atoms with van der Waals surface area (Å²) in [6.07, 6.45) is 9.12. The van der Waals surface area contributed by atoms with Gasteiger partial charge in [-0.3, -0.25) is 0 Å². The summed E-state index contributed by atoms with van der Waals surface area (Å²) in [4.78, 5) is 13.8. The van der Waals surface area contributed by atoms with Gasteiger partial charge in [-0.05, 0) is 80.0 Å². The smallest absolute Gasteiger partial charge is 0.341 e. The van der Waals surface area contributed by atoms with Crippen molar-refractivity contribution < 1.29 is 9.53 Å². The molecule has 0 bridgehead atoms. The molecule has 4 nitrogen and oxygen atoms in total. The Morgan fingerprint density at radius 1 is 1.24 bits per heavy atom. The molecule has 0 amide bonds. The molecule has 29 heavy (non-hydrogen) atoms. The molecular weight excluding hydrogens is 400 g/mol. The highest BCUT2D eigenvalue weighted by atomic mass is 32.1. The summed E-state index contributed by atoms with van der Waals surface area (Å²) in [6.45, 7) is 9.36. The standard InChI is InChI=1S/C23H36N2O2S2/c1-6-23(3,4)15-8-10-16(11-9-15)24-22(28)25-20-19(21(26)27-5)17-12-7-14(2)13-18(17)29-20/h14-16H,6-13H2,1-5H3,(H2,24,25,28). The van der Waals surface area contributed by atoms with Crippen LogP contribution in [0.3, 0.4) is 0 Å². The first kappa shape index (κ1) is 22.5. The van der Waals surface area contributed by atoms with Crippen molar-refractivity contribution in [2.24, 2.45) is 17.3 Å². The normalized spacial score (nSPS) is 24.5. The van der Waals surface area contributed by atoms with E-state index < -0.39 is 0 Å². The Hall–Kier alpha value is -1.14. The SMILES string of the molecule is CCC(C)(C)C1CCC(NC(=S)Nc2sc3c(c2C(=O)OC)CCC(C)C3)CC1. The van der Waals surface area contributed by atoms with Crippen molar-refractivity contribution in [3.8, 4) is 0 Å². The first-order chi connectivity index (χ1) is 13.7. The van der Waals surface area contributed by atoms with Crippen LogP contribution in [-0.2, 0) is 17.6 Å². The number of carbonyl (C=O) groups is 1. The maximum Gasteiger partial charge on any atom is 0.341 e. The molecule has 6 heteroatoms. The van der Waals surface area contributed by atoms with Crippen LogP contribution in [0.4, 0.5) is 5.00 Å². The number of hydrogen-bond acceptors (Lipinski definition) is 4. The van der Waals surface area contributed by atoms with Crippen LogP contribution in [0.15, 0.2) is 0 Å². The van der Waals surface area contributed by atoms with Gasteiger partial charge in [0.05, 0.1) is 12.7 Å². The van der Waals surface area contributed by atoms with E-state index in [-0.39, 0.29) is 5.97 Å². The molecule has 2 aliphatic carbocycles. The molecule has 1 unspecified atom stereocenters. The minimum absolute atomic E-state index is 0.260. The largest absolute Gasteiger partial charge is 0.465 e. The Bertz CT molecular complexity index is 748. The zero-order valence-electron chi connectivity index (χ0n) is 18.5. The molecule has 0 radical (unpaired) electrons. The van der Waals surface area contributed by atoms with Crippen LogP contribution in [0, 0.1) is 17.3 Å². The summed E-state index contributed by atoms with van der Waals surface area (Å²) in [5.74, 6) is 1.20. The van der Waals surface area contributed by atoms with Crippen molar-refractivity contribution in [1.29, 1.82) is 0 Å². The fourth-order valence-electron chi connectivity index (χ4n) is 4.79. The Morgan fingerprint density at radius 2 is 1.93 bits per heavy atom. The fourth-order valence-corrected chi connectivity index (χ4v) is 6.53. The third-order valence-corrected chi connectivity index (χ3v) is 8.60. The number of ether oxygens (including phenoxy) is 1. The molecule has 0 aromatic carbocycles. The van der Waals surface area contributed by atoms with Crippen molar-refractivity contribution in [3.05, 3.63) is 16.0 Å². The minimum Gasteiger partial charge on any atom is -0.465 e. The molecule has 2 aliphatic rings. The highest BCUT2D eigenvalue weighted by molar-refractivity contribution is 7.80. The van der Waals surface area contributed by atoms with E-state index in [2.05, 4.69) is 38.3 Å². The molecule has 1 aromatic rings. The summed E-state index contributed by atoms with van der Waals surface area (Å²) in [6, 6.07) is 0.412. The topological polar surface area (TPSA) is 50.4 Å². The zero-order chi connectivity index (χ0) is 21.2. The number of hydrogen-bond donors (Lipinski definition) is 2. The first-order valence-corrected chi connectivity index (χ1v) is 12.3. The van der Waals surface area contributed by atoms with Crippen molar-refractivity contribution in [2.45, 2.75) is 85.1 Å². The molecule has 1 heterocycles. The number of rotatable bonds is 5. The van der Waals surface area contributed by atoms with Gasteiger partial charge < -0.3 is 15.4 Å².